The van der Waals surface area contributed by atoms with Crippen molar-refractivity contribution in [2.45, 2.75) is 6.10 Å². The van der Waals surface area contributed by atoms with Crippen molar-refractivity contribution in [3.05, 3.63) is 88.1 Å². The molecule has 1 N–H and O–H groups in total. The van der Waals surface area contributed by atoms with Crippen molar-refractivity contribution in [1.82, 2.24) is 0 Å². The van der Waals surface area contributed by atoms with Gasteiger partial charge in [-0.05, 0) is 24.3 Å². The number of nitrogens with zero attached hydrogens (tertiary/aromatic N) is 1. The summed E-state index contributed by atoms with van der Waals surface area (Å²) in [6.45, 7) is 0. The summed E-state index contributed by atoms with van der Waals surface area (Å²) in [4.78, 5) is 14.1. The number of halogens is 3. The van der Waals surface area contributed by atoms with E-state index >= 15 is 0 Å². The second-order valence-electron chi connectivity index (χ2n) is 7.02. The van der Waals surface area contributed by atoms with Gasteiger partial charge < -0.3 is 19.5 Å². The largest absolute Gasteiger partial charge is 0.495 e. The molecule has 5 nitrogen and oxygen atoms in total. The van der Waals surface area contributed by atoms with Crippen LogP contribution in [0.4, 0.5) is 18.9 Å². The Morgan fingerprint density at radius 2 is 1.74 bits per heavy atom. The predicted octanol–water partition coefficient (Wildman–Crippen LogP) is 4.36. The van der Waals surface area contributed by atoms with Crippen LogP contribution in [0.1, 0.15) is 11.1 Å². The average molecular weight is 429 g/mol. The predicted molar refractivity (Wildman–Crippen MR) is 109 cm³/mol. The number of carboxylic acids is 1. The summed E-state index contributed by atoms with van der Waals surface area (Å²) in [5.41, 5.74) is 0.754. The lowest BCUT2D eigenvalue weighted by atomic mass is 9.80. The number of rotatable bonds is 4. The van der Waals surface area contributed by atoms with Crippen molar-refractivity contribution in [3.63, 3.8) is 0 Å². The highest BCUT2D eigenvalue weighted by molar-refractivity contribution is 6.21. The SMILES string of the molecule is COC1=C2C(=C(C(=O)O)c3ccccc3N2C)C(OC)C(c2c(F)ccc(F)c2F)=C1. The molecule has 0 amide bonds. The van der Waals surface area contributed by atoms with Gasteiger partial charge in [0.2, 0.25) is 0 Å². The quantitative estimate of drug-likeness (QED) is 0.732. The van der Waals surface area contributed by atoms with Gasteiger partial charge in [-0.25, -0.2) is 18.0 Å². The van der Waals surface area contributed by atoms with Crippen molar-refractivity contribution >= 4 is 22.8 Å². The monoisotopic (exact) mass is 429 g/mol. The van der Waals surface area contributed by atoms with Gasteiger partial charge in [-0.2, -0.15) is 0 Å². The first-order valence-electron chi connectivity index (χ1n) is 9.29. The van der Waals surface area contributed by atoms with Crippen LogP contribution in [0, 0.1) is 17.5 Å². The average Bonchev–Trinajstić information content (AvgIpc) is 2.76. The van der Waals surface area contributed by atoms with E-state index in [1.807, 2.05) is 0 Å². The number of para-hydroxylation sites is 1. The van der Waals surface area contributed by atoms with Crippen LogP contribution in [-0.4, -0.2) is 38.4 Å². The molecule has 1 aliphatic carbocycles. The number of fused-ring (bicyclic) bond motifs is 2. The molecule has 2 aromatic carbocycles. The van der Waals surface area contributed by atoms with E-state index in [4.69, 9.17) is 9.47 Å². The minimum atomic E-state index is -1.39. The van der Waals surface area contributed by atoms with E-state index in [1.54, 1.807) is 36.2 Å². The second-order valence-corrected chi connectivity index (χ2v) is 7.02. The first-order chi connectivity index (χ1) is 14.8. The smallest absolute Gasteiger partial charge is 0.336 e. The van der Waals surface area contributed by atoms with E-state index in [2.05, 4.69) is 0 Å². The molecule has 1 unspecified atom stereocenters. The molecule has 0 fully saturated rings. The molecular formula is C23H18F3NO4. The zero-order valence-electron chi connectivity index (χ0n) is 16.9. The van der Waals surface area contributed by atoms with E-state index in [0.29, 0.717) is 23.0 Å². The highest BCUT2D eigenvalue weighted by Gasteiger charge is 2.42. The Morgan fingerprint density at radius 1 is 1.06 bits per heavy atom. The van der Waals surface area contributed by atoms with Gasteiger partial charge in [-0.15, -0.1) is 0 Å². The summed E-state index contributed by atoms with van der Waals surface area (Å²) >= 11 is 0. The molecule has 0 aromatic heterocycles. The number of likely N-dealkylation sites (N-methyl/N-ethyl adjacent to an activating group) is 1. The highest BCUT2D eigenvalue weighted by Crippen LogP contribution is 2.48. The number of methoxy groups -OCH3 is 2. The highest BCUT2D eigenvalue weighted by atomic mass is 19.2. The molecule has 2 aromatic rings. The van der Waals surface area contributed by atoms with Crippen molar-refractivity contribution in [2.75, 3.05) is 26.2 Å². The van der Waals surface area contributed by atoms with E-state index in [1.165, 1.54) is 20.3 Å². The Balaban J connectivity index is 2.12. The van der Waals surface area contributed by atoms with Gasteiger partial charge in [0.05, 0.1) is 23.9 Å². The van der Waals surface area contributed by atoms with Gasteiger partial charge >= 0.3 is 5.97 Å². The number of allylic oxidation sites excluding steroid dienone is 1. The Labute approximate surface area is 176 Å². The Morgan fingerprint density at radius 3 is 2.39 bits per heavy atom. The van der Waals surface area contributed by atoms with Crippen LogP contribution in [0.25, 0.3) is 11.1 Å². The topological polar surface area (TPSA) is 59.0 Å². The molecule has 0 spiro atoms. The molecule has 0 saturated carbocycles. The molecule has 1 aliphatic heterocycles. The number of benzene rings is 2. The molecule has 8 heteroatoms. The van der Waals surface area contributed by atoms with Crippen LogP contribution in [-0.2, 0) is 14.3 Å². The number of carboxylic acid groups (broad SMARTS) is 1. The first kappa shape index (κ1) is 20.7. The number of hydrogen-bond acceptors (Lipinski definition) is 4. The number of ether oxygens (including phenoxy) is 2. The molecule has 1 heterocycles. The maximum absolute atomic E-state index is 14.7. The van der Waals surface area contributed by atoms with Crippen LogP contribution >= 0.6 is 0 Å². The third-order valence-corrected chi connectivity index (χ3v) is 5.46. The molecule has 4 rings (SSSR count). The van der Waals surface area contributed by atoms with Gasteiger partial charge in [0, 0.05) is 36.6 Å². The Bertz CT molecular complexity index is 1200. The maximum Gasteiger partial charge on any atom is 0.336 e. The standard InChI is InChI=1S/C23H18F3NO4/c1-27-15-7-5-4-6-11(15)18(23(28)29)19-21(27)16(30-2)10-12(22(19)31-3)17-13(24)8-9-14(25)20(17)26/h4-10,22H,1-3H3,(H,28,29). The van der Waals surface area contributed by atoms with Crippen molar-refractivity contribution in [1.29, 1.82) is 0 Å². The van der Waals surface area contributed by atoms with Gasteiger partial charge in [-0.1, -0.05) is 18.2 Å². The summed E-state index contributed by atoms with van der Waals surface area (Å²) in [5, 5.41) is 10.1. The van der Waals surface area contributed by atoms with Crippen LogP contribution in [0.15, 0.2) is 59.5 Å². The van der Waals surface area contributed by atoms with Crippen LogP contribution in [0.2, 0.25) is 0 Å². The molecule has 31 heavy (non-hydrogen) atoms. The van der Waals surface area contributed by atoms with Crippen LogP contribution in [0.3, 0.4) is 0 Å². The summed E-state index contributed by atoms with van der Waals surface area (Å²) < 4.78 is 54.3. The van der Waals surface area contributed by atoms with E-state index in [-0.39, 0.29) is 22.5 Å². The molecule has 1 atom stereocenters. The van der Waals surface area contributed by atoms with Gasteiger partial charge in [0.25, 0.3) is 0 Å². The lowest BCUT2D eigenvalue weighted by Crippen LogP contribution is -2.35. The third kappa shape index (κ3) is 3.02. The van der Waals surface area contributed by atoms with E-state index in [0.717, 1.165) is 6.07 Å². The van der Waals surface area contributed by atoms with E-state index < -0.39 is 35.1 Å². The van der Waals surface area contributed by atoms with Crippen molar-refractivity contribution < 1.29 is 32.5 Å². The molecule has 0 radical (unpaired) electrons. The first-order valence-corrected chi connectivity index (χ1v) is 9.29. The number of hydrogen-bond donors (Lipinski definition) is 1. The molecule has 160 valence electrons. The lowest BCUT2D eigenvalue weighted by molar-refractivity contribution is -0.130. The number of anilines is 1. The fourth-order valence-electron chi connectivity index (χ4n) is 4.16. The lowest BCUT2D eigenvalue weighted by Gasteiger charge is -2.39. The minimum absolute atomic E-state index is 0.0841. The number of carbonyl (C=O) groups is 1. The summed E-state index contributed by atoms with van der Waals surface area (Å²) in [5.74, 6) is -4.72. The van der Waals surface area contributed by atoms with Gasteiger partial charge in [0.1, 0.15) is 17.7 Å². The summed E-state index contributed by atoms with van der Waals surface area (Å²) in [7, 11) is 4.37. The van der Waals surface area contributed by atoms with E-state index in [9.17, 15) is 23.1 Å². The summed E-state index contributed by atoms with van der Waals surface area (Å²) in [6, 6.07) is 8.34. The molecule has 2 aliphatic rings. The zero-order chi connectivity index (χ0) is 22.4. The van der Waals surface area contributed by atoms with Crippen molar-refractivity contribution in [2.24, 2.45) is 0 Å². The fourth-order valence-corrected chi connectivity index (χ4v) is 4.16. The van der Waals surface area contributed by atoms with Crippen LogP contribution < -0.4 is 4.90 Å². The molecule has 0 saturated heterocycles. The zero-order valence-corrected chi connectivity index (χ0v) is 16.9. The van der Waals surface area contributed by atoms with Gasteiger partial charge in [0.15, 0.2) is 11.6 Å². The normalized spacial score (nSPS) is 17.9. The third-order valence-electron chi connectivity index (χ3n) is 5.46. The second kappa shape index (κ2) is 7.63. The van der Waals surface area contributed by atoms with Crippen molar-refractivity contribution in [3.8, 4) is 0 Å². The van der Waals surface area contributed by atoms with Gasteiger partial charge in [-0.3, -0.25) is 0 Å². The summed E-state index contributed by atoms with van der Waals surface area (Å²) in [6.07, 6.45) is 0.152. The fraction of sp³-hybridized carbons (Fsp3) is 0.174. The molecule has 0 bridgehead atoms. The molecular weight excluding hydrogens is 411 g/mol. The maximum atomic E-state index is 14.7. The number of aliphatic carboxylic acids is 1. The Kier molecular flexibility index (Phi) is 5.10. The van der Waals surface area contributed by atoms with Crippen LogP contribution in [0.5, 0.6) is 0 Å². The Hall–Kier alpha value is -3.52. The minimum Gasteiger partial charge on any atom is -0.495 e.